The highest BCUT2D eigenvalue weighted by atomic mass is 19.4. The highest BCUT2D eigenvalue weighted by molar-refractivity contribution is 5.25. The van der Waals surface area contributed by atoms with Crippen LogP contribution in [0, 0.1) is 5.92 Å². The van der Waals surface area contributed by atoms with Crippen LogP contribution in [0.25, 0.3) is 0 Å². The maximum Gasteiger partial charge on any atom is 0.416 e. The van der Waals surface area contributed by atoms with Crippen molar-refractivity contribution in [3.63, 3.8) is 0 Å². The summed E-state index contributed by atoms with van der Waals surface area (Å²) in [5.74, 6) is 0.409. The predicted octanol–water partition coefficient (Wildman–Crippen LogP) is 3.51. The summed E-state index contributed by atoms with van der Waals surface area (Å²) in [5.41, 5.74) is 0.303. The van der Waals surface area contributed by atoms with E-state index in [1.807, 2.05) is 7.05 Å². The number of likely N-dealkylation sites (N-methyl/N-ethyl adjacent to an activating group) is 1. The Hall–Kier alpha value is -1.07. The monoisotopic (exact) mass is 289 g/mol. The summed E-state index contributed by atoms with van der Waals surface area (Å²) in [6.07, 6.45) is -2.64. The summed E-state index contributed by atoms with van der Waals surface area (Å²) in [5, 5.41) is 3.21. The Balaban J connectivity index is 2.61. The molecule has 0 saturated carbocycles. The number of hydrogen-bond acceptors (Lipinski definition) is 2. The van der Waals surface area contributed by atoms with Crippen molar-refractivity contribution in [3.8, 4) is 0 Å². The Morgan fingerprint density at radius 2 is 1.80 bits per heavy atom. The molecule has 1 aromatic rings. The Morgan fingerprint density at radius 1 is 1.20 bits per heavy atom. The van der Waals surface area contributed by atoms with Crippen molar-refractivity contribution < 1.29 is 17.9 Å². The lowest BCUT2D eigenvalue weighted by atomic mass is 9.96. The van der Waals surface area contributed by atoms with Crippen LogP contribution in [0.3, 0.4) is 0 Å². The van der Waals surface area contributed by atoms with Gasteiger partial charge in [-0.05, 0) is 43.5 Å². The van der Waals surface area contributed by atoms with Crippen LogP contribution in [0.2, 0.25) is 0 Å². The Bertz CT molecular complexity index is 389. The lowest BCUT2D eigenvalue weighted by Gasteiger charge is -2.20. The van der Waals surface area contributed by atoms with Gasteiger partial charge in [-0.15, -0.1) is 0 Å². The lowest BCUT2D eigenvalue weighted by molar-refractivity contribution is -0.137. The molecule has 2 atom stereocenters. The van der Waals surface area contributed by atoms with Crippen molar-refractivity contribution in [1.82, 2.24) is 5.32 Å². The van der Waals surface area contributed by atoms with Gasteiger partial charge in [-0.2, -0.15) is 13.2 Å². The van der Waals surface area contributed by atoms with Gasteiger partial charge in [0.2, 0.25) is 0 Å². The number of halogens is 3. The van der Waals surface area contributed by atoms with E-state index < -0.39 is 11.7 Å². The highest BCUT2D eigenvalue weighted by Gasteiger charge is 2.29. The van der Waals surface area contributed by atoms with Crippen molar-refractivity contribution in [2.75, 3.05) is 20.8 Å². The summed E-state index contributed by atoms with van der Waals surface area (Å²) in [7, 11) is 3.54. The van der Waals surface area contributed by atoms with E-state index in [4.69, 9.17) is 4.74 Å². The normalized spacial score (nSPS) is 15.1. The van der Waals surface area contributed by atoms with Gasteiger partial charge in [0.25, 0.3) is 0 Å². The summed E-state index contributed by atoms with van der Waals surface area (Å²) in [6, 6.07) is 5.61. The largest absolute Gasteiger partial charge is 0.416 e. The Labute approximate surface area is 118 Å². The molecule has 0 aromatic heterocycles. The summed E-state index contributed by atoms with van der Waals surface area (Å²) < 4.78 is 42.5. The van der Waals surface area contributed by atoms with Gasteiger partial charge in [-0.1, -0.05) is 19.1 Å². The molecule has 1 rings (SSSR count). The molecular formula is C15H22F3NO. The first-order valence-electron chi connectivity index (χ1n) is 6.69. The zero-order chi connectivity index (χ0) is 15.2. The van der Waals surface area contributed by atoms with Crippen LogP contribution in [0.1, 0.15) is 24.5 Å². The Morgan fingerprint density at radius 3 is 2.25 bits per heavy atom. The first kappa shape index (κ1) is 17.0. The number of nitrogens with one attached hydrogen (secondary N) is 1. The first-order chi connectivity index (χ1) is 9.36. The minimum atomic E-state index is -4.27. The summed E-state index contributed by atoms with van der Waals surface area (Å²) in [4.78, 5) is 0. The second-order valence-corrected chi connectivity index (χ2v) is 5.18. The number of rotatable bonds is 7. The smallest absolute Gasteiger partial charge is 0.384 e. The first-order valence-corrected chi connectivity index (χ1v) is 6.69. The molecule has 0 aliphatic carbocycles. The fraction of sp³-hybridized carbons (Fsp3) is 0.600. The van der Waals surface area contributed by atoms with Crippen molar-refractivity contribution in [1.29, 1.82) is 0 Å². The van der Waals surface area contributed by atoms with Crippen molar-refractivity contribution in [3.05, 3.63) is 35.4 Å². The van der Waals surface area contributed by atoms with E-state index in [1.54, 1.807) is 19.2 Å². The van der Waals surface area contributed by atoms with E-state index in [9.17, 15) is 13.2 Å². The van der Waals surface area contributed by atoms with E-state index in [2.05, 4.69) is 12.2 Å². The molecule has 0 saturated heterocycles. The van der Waals surface area contributed by atoms with Crippen molar-refractivity contribution in [2.45, 2.75) is 32.0 Å². The second kappa shape index (κ2) is 7.64. The van der Waals surface area contributed by atoms with E-state index in [-0.39, 0.29) is 6.04 Å². The van der Waals surface area contributed by atoms with Gasteiger partial charge in [-0.25, -0.2) is 0 Å². The molecule has 20 heavy (non-hydrogen) atoms. The average Bonchev–Trinajstić information content (AvgIpc) is 2.37. The minimum absolute atomic E-state index is 0.233. The van der Waals surface area contributed by atoms with Gasteiger partial charge in [0.1, 0.15) is 0 Å². The van der Waals surface area contributed by atoms with E-state index in [0.29, 0.717) is 18.9 Å². The number of alkyl halides is 3. The fourth-order valence-corrected chi connectivity index (χ4v) is 2.26. The van der Waals surface area contributed by atoms with E-state index in [0.717, 1.165) is 24.1 Å². The zero-order valence-corrected chi connectivity index (χ0v) is 12.1. The maximum atomic E-state index is 12.5. The standard InChI is InChI=1S/C15H22F3NO/c1-11(10-20-3)8-14(19-2)9-12-4-6-13(7-5-12)15(16,17)18/h4-7,11,14,19H,8-10H2,1-3H3. The van der Waals surface area contributed by atoms with Gasteiger partial charge in [0.05, 0.1) is 5.56 Å². The van der Waals surface area contributed by atoms with Crippen molar-refractivity contribution in [2.24, 2.45) is 5.92 Å². The molecule has 2 nitrogen and oxygen atoms in total. The average molecular weight is 289 g/mol. The lowest BCUT2D eigenvalue weighted by Crippen LogP contribution is -2.30. The number of hydrogen-bond donors (Lipinski definition) is 1. The quantitative estimate of drug-likeness (QED) is 0.829. The van der Waals surface area contributed by atoms with Crippen LogP contribution in [-0.2, 0) is 17.3 Å². The van der Waals surface area contributed by atoms with E-state index in [1.165, 1.54) is 0 Å². The molecule has 1 aromatic carbocycles. The summed E-state index contributed by atoms with van der Waals surface area (Å²) >= 11 is 0. The minimum Gasteiger partial charge on any atom is -0.384 e. The maximum absolute atomic E-state index is 12.5. The molecule has 0 spiro atoms. The van der Waals surface area contributed by atoms with Crippen LogP contribution < -0.4 is 5.32 Å². The number of ether oxygens (including phenoxy) is 1. The van der Waals surface area contributed by atoms with Crippen LogP contribution in [0.4, 0.5) is 13.2 Å². The topological polar surface area (TPSA) is 21.3 Å². The second-order valence-electron chi connectivity index (χ2n) is 5.18. The van der Waals surface area contributed by atoms with Gasteiger partial charge < -0.3 is 10.1 Å². The van der Waals surface area contributed by atoms with Crippen LogP contribution in [0.5, 0.6) is 0 Å². The van der Waals surface area contributed by atoms with Crippen LogP contribution >= 0.6 is 0 Å². The molecular weight excluding hydrogens is 267 g/mol. The van der Waals surface area contributed by atoms with Crippen LogP contribution in [-0.4, -0.2) is 26.8 Å². The van der Waals surface area contributed by atoms with Gasteiger partial charge in [0.15, 0.2) is 0 Å². The van der Waals surface area contributed by atoms with Crippen molar-refractivity contribution >= 4 is 0 Å². The highest BCUT2D eigenvalue weighted by Crippen LogP contribution is 2.29. The number of benzene rings is 1. The summed E-state index contributed by atoms with van der Waals surface area (Å²) in [6.45, 7) is 2.78. The van der Waals surface area contributed by atoms with Gasteiger partial charge in [-0.3, -0.25) is 0 Å². The van der Waals surface area contributed by atoms with Gasteiger partial charge in [0, 0.05) is 19.8 Å². The molecule has 2 unspecified atom stereocenters. The molecule has 5 heteroatoms. The zero-order valence-electron chi connectivity index (χ0n) is 12.1. The van der Waals surface area contributed by atoms with Crippen LogP contribution in [0.15, 0.2) is 24.3 Å². The van der Waals surface area contributed by atoms with E-state index >= 15 is 0 Å². The molecule has 0 fully saturated rings. The fourth-order valence-electron chi connectivity index (χ4n) is 2.26. The molecule has 1 N–H and O–H groups in total. The molecule has 0 amide bonds. The molecule has 0 aliphatic heterocycles. The third-order valence-corrected chi connectivity index (χ3v) is 3.31. The molecule has 114 valence electrons. The SMILES string of the molecule is CNC(Cc1ccc(C(F)(F)F)cc1)CC(C)COC. The molecule has 0 bridgehead atoms. The molecule has 0 aliphatic rings. The predicted molar refractivity (Wildman–Crippen MR) is 73.7 cm³/mol. The molecule has 0 radical (unpaired) electrons. The third kappa shape index (κ3) is 5.51. The number of methoxy groups -OCH3 is 1. The third-order valence-electron chi connectivity index (χ3n) is 3.31. The molecule has 0 heterocycles. The Kier molecular flexibility index (Phi) is 6.49. The van der Waals surface area contributed by atoms with Gasteiger partial charge >= 0.3 is 6.18 Å².